The van der Waals surface area contributed by atoms with E-state index in [1.807, 2.05) is 0 Å². The number of aromatic nitrogens is 4. The molecule has 0 spiro atoms. The fraction of sp³-hybridized carbons (Fsp3) is 0.500. The molecule has 0 amide bonds. The summed E-state index contributed by atoms with van der Waals surface area (Å²) in [5.74, 6) is 1.50. The molecule has 2 aromatic heterocycles. The topological polar surface area (TPSA) is 94.0 Å². The van der Waals surface area contributed by atoms with Gasteiger partial charge in [-0.1, -0.05) is 25.6 Å². The standard InChI is InChI=1S/C12H18N6OS/c1-3-18(4-2)7-8-20-12-17-16-11(19-12)9-10(13)15-6-5-14-9/h5-6H,3-4,7-8H2,1-2H3,(H2,13,15). The molecule has 2 N–H and O–H groups in total. The van der Waals surface area contributed by atoms with Gasteiger partial charge >= 0.3 is 0 Å². The molecule has 0 fully saturated rings. The fourth-order valence-corrected chi connectivity index (χ4v) is 2.44. The van der Waals surface area contributed by atoms with Gasteiger partial charge in [0, 0.05) is 24.7 Å². The first-order valence-corrected chi connectivity index (χ1v) is 7.48. The lowest BCUT2D eigenvalue weighted by Crippen LogP contribution is -2.25. The van der Waals surface area contributed by atoms with Gasteiger partial charge in [-0.05, 0) is 13.1 Å². The van der Waals surface area contributed by atoms with Gasteiger partial charge in [0.15, 0.2) is 11.5 Å². The van der Waals surface area contributed by atoms with Crippen LogP contribution in [0.25, 0.3) is 11.6 Å². The summed E-state index contributed by atoms with van der Waals surface area (Å²) in [6, 6.07) is 0. The fourth-order valence-electron chi connectivity index (χ4n) is 1.68. The SMILES string of the molecule is CCN(CC)CCSc1nnc(-c2nccnc2N)o1. The van der Waals surface area contributed by atoms with Crippen LogP contribution in [0.15, 0.2) is 22.0 Å². The van der Waals surface area contributed by atoms with Crippen molar-refractivity contribution < 1.29 is 4.42 Å². The van der Waals surface area contributed by atoms with Crippen LogP contribution in [0.3, 0.4) is 0 Å². The van der Waals surface area contributed by atoms with Gasteiger partial charge in [-0.15, -0.1) is 10.2 Å². The molecular weight excluding hydrogens is 276 g/mol. The van der Waals surface area contributed by atoms with Crippen molar-refractivity contribution in [2.45, 2.75) is 19.1 Å². The zero-order chi connectivity index (χ0) is 14.4. The summed E-state index contributed by atoms with van der Waals surface area (Å²) in [7, 11) is 0. The molecule has 0 atom stereocenters. The number of hydrogen-bond acceptors (Lipinski definition) is 8. The van der Waals surface area contributed by atoms with Crippen molar-refractivity contribution >= 4 is 17.6 Å². The Labute approximate surface area is 122 Å². The van der Waals surface area contributed by atoms with Crippen LogP contribution in [0.5, 0.6) is 0 Å². The van der Waals surface area contributed by atoms with Crippen molar-refractivity contribution in [3.05, 3.63) is 12.4 Å². The average molecular weight is 294 g/mol. The third-order valence-electron chi connectivity index (χ3n) is 2.86. The zero-order valence-corrected chi connectivity index (χ0v) is 12.4. The number of thioether (sulfide) groups is 1. The van der Waals surface area contributed by atoms with Crippen LogP contribution in [-0.4, -0.2) is 50.5 Å². The maximum Gasteiger partial charge on any atom is 0.276 e. The lowest BCUT2D eigenvalue weighted by atomic mass is 10.4. The molecule has 7 nitrogen and oxygen atoms in total. The van der Waals surface area contributed by atoms with Crippen LogP contribution in [0.1, 0.15) is 13.8 Å². The predicted molar refractivity (Wildman–Crippen MR) is 78.2 cm³/mol. The third kappa shape index (κ3) is 3.67. The van der Waals surface area contributed by atoms with E-state index in [-0.39, 0.29) is 5.82 Å². The third-order valence-corrected chi connectivity index (χ3v) is 3.66. The van der Waals surface area contributed by atoms with Crippen LogP contribution in [0.2, 0.25) is 0 Å². The van der Waals surface area contributed by atoms with Crippen LogP contribution in [0.4, 0.5) is 5.82 Å². The largest absolute Gasteiger partial charge is 0.409 e. The summed E-state index contributed by atoms with van der Waals surface area (Å²) < 4.78 is 5.54. The molecule has 0 aliphatic rings. The molecule has 0 unspecified atom stereocenters. The van der Waals surface area contributed by atoms with Crippen molar-refractivity contribution in [3.8, 4) is 11.6 Å². The Balaban J connectivity index is 1.94. The van der Waals surface area contributed by atoms with Gasteiger partial charge in [0.1, 0.15) is 0 Å². The number of nitrogens with zero attached hydrogens (tertiary/aromatic N) is 5. The molecule has 2 aromatic rings. The van der Waals surface area contributed by atoms with Gasteiger partial charge in [0.25, 0.3) is 11.1 Å². The first-order chi connectivity index (χ1) is 9.74. The Morgan fingerprint density at radius 1 is 1.20 bits per heavy atom. The highest BCUT2D eigenvalue weighted by Crippen LogP contribution is 2.24. The van der Waals surface area contributed by atoms with Gasteiger partial charge in [0.05, 0.1) is 0 Å². The Morgan fingerprint density at radius 2 is 1.95 bits per heavy atom. The van der Waals surface area contributed by atoms with Crippen LogP contribution >= 0.6 is 11.8 Å². The maximum absolute atomic E-state index is 5.72. The highest BCUT2D eigenvalue weighted by Gasteiger charge is 2.13. The lowest BCUT2D eigenvalue weighted by molar-refractivity contribution is 0.323. The van der Waals surface area contributed by atoms with Crippen LogP contribution < -0.4 is 5.73 Å². The van der Waals surface area contributed by atoms with Gasteiger partial charge in [0.2, 0.25) is 0 Å². The van der Waals surface area contributed by atoms with E-state index < -0.39 is 0 Å². The van der Waals surface area contributed by atoms with E-state index in [1.165, 1.54) is 18.0 Å². The van der Waals surface area contributed by atoms with Gasteiger partial charge < -0.3 is 15.1 Å². The number of hydrogen-bond donors (Lipinski definition) is 1. The van der Waals surface area contributed by atoms with Crippen molar-refractivity contribution in [1.29, 1.82) is 0 Å². The van der Waals surface area contributed by atoms with E-state index in [0.717, 1.165) is 25.4 Å². The Hall–Kier alpha value is -1.67. The molecule has 0 aromatic carbocycles. The molecule has 0 radical (unpaired) electrons. The number of nitrogen functional groups attached to an aromatic ring is 1. The molecule has 2 rings (SSSR count). The van der Waals surface area contributed by atoms with E-state index in [4.69, 9.17) is 10.2 Å². The second kappa shape index (κ2) is 7.20. The number of nitrogens with two attached hydrogens (primary N) is 1. The molecule has 0 bridgehead atoms. The number of rotatable bonds is 7. The molecule has 108 valence electrons. The quantitative estimate of drug-likeness (QED) is 0.769. The van der Waals surface area contributed by atoms with E-state index in [2.05, 4.69) is 38.9 Å². The molecule has 8 heteroatoms. The second-order valence-corrected chi connectivity index (χ2v) is 5.08. The molecule has 0 saturated carbocycles. The number of anilines is 1. The normalized spacial score (nSPS) is 11.2. The highest BCUT2D eigenvalue weighted by molar-refractivity contribution is 7.99. The van der Waals surface area contributed by atoms with E-state index in [9.17, 15) is 0 Å². The van der Waals surface area contributed by atoms with Gasteiger partial charge in [-0.3, -0.25) is 0 Å². The molecule has 20 heavy (non-hydrogen) atoms. The highest BCUT2D eigenvalue weighted by atomic mass is 32.2. The van der Waals surface area contributed by atoms with E-state index >= 15 is 0 Å². The summed E-state index contributed by atoms with van der Waals surface area (Å²) in [6.07, 6.45) is 3.07. The van der Waals surface area contributed by atoms with Crippen LogP contribution in [0, 0.1) is 0 Å². The van der Waals surface area contributed by atoms with Crippen molar-refractivity contribution in [1.82, 2.24) is 25.1 Å². The monoisotopic (exact) mass is 294 g/mol. The Bertz CT molecular complexity index is 542. The van der Waals surface area contributed by atoms with Crippen molar-refractivity contribution in [3.63, 3.8) is 0 Å². The zero-order valence-electron chi connectivity index (χ0n) is 11.6. The van der Waals surface area contributed by atoms with Gasteiger partial charge in [-0.25, -0.2) is 9.97 Å². The summed E-state index contributed by atoms with van der Waals surface area (Å²) in [6.45, 7) is 7.37. The van der Waals surface area contributed by atoms with Gasteiger partial charge in [-0.2, -0.15) is 0 Å². The first-order valence-electron chi connectivity index (χ1n) is 6.50. The lowest BCUT2D eigenvalue weighted by Gasteiger charge is -2.16. The molecule has 0 aliphatic carbocycles. The maximum atomic E-state index is 5.72. The minimum atomic E-state index is 0.288. The molecule has 2 heterocycles. The summed E-state index contributed by atoms with van der Waals surface area (Å²) >= 11 is 1.53. The summed E-state index contributed by atoms with van der Waals surface area (Å²) in [4.78, 5) is 10.4. The van der Waals surface area contributed by atoms with E-state index in [1.54, 1.807) is 6.20 Å². The minimum Gasteiger partial charge on any atom is -0.409 e. The average Bonchev–Trinajstić information content (AvgIpc) is 2.93. The Morgan fingerprint density at radius 3 is 2.65 bits per heavy atom. The second-order valence-electron chi connectivity index (χ2n) is 4.04. The summed E-state index contributed by atoms with van der Waals surface area (Å²) in [5, 5.41) is 8.46. The smallest absolute Gasteiger partial charge is 0.276 e. The molecular formula is C12H18N6OS. The minimum absolute atomic E-state index is 0.288. The predicted octanol–water partition coefficient (Wildman–Crippen LogP) is 1.54. The van der Waals surface area contributed by atoms with Crippen molar-refractivity contribution in [2.75, 3.05) is 31.1 Å². The first kappa shape index (κ1) is 14.7. The molecule has 0 saturated heterocycles. The van der Waals surface area contributed by atoms with Crippen molar-refractivity contribution in [2.24, 2.45) is 0 Å². The van der Waals surface area contributed by atoms with E-state index in [0.29, 0.717) is 16.8 Å². The van der Waals surface area contributed by atoms with Crippen LogP contribution in [-0.2, 0) is 0 Å². The summed E-state index contributed by atoms with van der Waals surface area (Å²) in [5.41, 5.74) is 6.15. The Kier molecular flexibility index (Phi) is 5.31. The molecule has 0 aliphatic heterocycles.